The summed E-state index contributed by atoms with van der Waals surface area (Å²) in [5, 5.41) is 3.38. The number of piperazine rings is 1. The number of rotatable bonds is 7. The highest BCUT2D eigenvalue weighted by molar-refractivity contribution is 5.94. The molecule has 1 aliphatic heterocycles. The molecule has 2 heterocycles. The molecule has 1 N–H and O–H groups in total. The average molecular weight is 467 g/mol. The van der Waals surface area contributed by atoms with E-state index < -0.39 is 0 Å². The zero-order chi connectivity index (χ0) is 24.1. The third kappa shape index (κ3) is 6.15. The quantitative estimate of drug-likeness (QED) is 0.567. The Hall–Kier alpha value is -3.36. The molecule has 1 fully saturated rings. The molecule has 178 valence electrons. The van der Waals surface area contributed by atoms with Crippen molar-refractivity contribution in [3.63, 3.8) is 0 Å². The van der Waals surface area contributed by atoms with E-state index in [1.54, 1.807) is 37.5 Å². The number of ether oxygens (including phenoxy) is 1. The van der Waals surface area contributed by atoms with E-state index in [4.69, 9.17) is 4.74 Å². The minimum Gasteiger partial charge on any atom is -0.439 e. The molecule has 1 aromatic heterocycles. The van der Waals surface area contributed by atoms with Crippen molar-refractivity contribution in [3.05, 3.63) is 83.6 Å². The lowest BCUT2D eigenvalue weighted by molar-refractivity contribution is -0.117. The summed E-state index contributed by atoms with van der Waals surface area (Å²) in [6, 6.07) is 14.4. The van der Waals surface area contributed by atoms with E-state index in [2.05, 4.69) is 22.1 Å². The van der Waals surface area contributed by atoms with Crippen LogP contribution in [0, 0.1) is 11.6 Å². The van der Waals surface area contributed by atoms with E-state index in [9.17, 15) is 13.6 Å². The Labute approximate surface area is 198 Å². The highest BCUT2D eigenvalue weighted by Gasteiger charge is 2.18. The fraction of sp³-hybridized carbons (Fsp3) is 0.308. The smallest absolute Gasteiger partial charge is 0.231 e. The summed E-state index contributed by atoms with van der Waals surface area (Å²) in [5.74, 6) is -0.0338. The predicted octanol–water partition coefficient (Wildman–Crippen LogP) is 4.15. The molecule has 3 aromatic rings. The minimum atomic E-state index is -0.345. The number of likely N-dealkylation sites (N-methyl/N-ethyl adjacent to an activating group) is 1. The van der Waals surface area contributed by atoms with Crippen LogP contribution in [-0.4, -0.2) is 48.5 Å². The topological polar surface area (TPSA) is 57.7 Å². The van der Waals surface area contributed by atoms with Crippen LogP contribution >= 0.6 is 0 Å². The lowest BCUT2D eigenvalue weighted by atomic mass is 10.1. The second-order valence-electron chi connectivity index (χ2n) is 8.56. The number of aromatic nitrogens is 1. The van der Waals surface area contributed by atoms with Gasteiger partial charge in [0.05, 0.1) is 6.42 Å². The van der Waals surface area contributed by atoms with E-state index in [-0.39, 0.29) is 24.0 Å². The second kappa shape index (κ2) is 10.7. The van der Waals surface area contributed by atoms with Crippen molar-refractivity contribution in [2.24, 2.45) is 0 Å². The van der Waals surface area contributed by atoms with Crippen LogP contribution in [0.4, 0.5) is 14.5 Å². The molecule has 1 atom stereocenters. The Bertz CT molecular complexity index is 1120. The molecule has 0 unspecified atom stereocenters. The highest BCUT2D eigenvalue weighted by Crippen LogP contribution is 2.22. The molecule has 2 aromatic carbocycles. The van der Waals surface area contributed by atoms with Gasteiger partial charge in [0.15, 0.2) is 0 Å². The Balaban J connectivity index is 1.34. The number of hydrogen-bond acceptors (Lipinski definition) is 5. The molecular formula is C26H28F2N4O2. The maximum atomic E-state index is 14.8. The number of benzene rings is 2. The summed E-state index contributed by atoms with van der Waals surface area (Å²) in [7, 11) is 1.63. The lowest BCUT2D eigenvalue weighted by Gasteiger charge is -2.32. The van der Waals surface area contributed by atoms with Crippen LogP contribution in [0.1, 0.15) is 18.1 Å². The van der Waals surface area contributed by atoms with Crippen LogP contribution in [0.3, 0.4) is 0 Å². The molecule has 8 heteroatoms. The number of pyridine rings is 1. The van der Waals surface area contributed by atoms with Gasteiger partial charge in [0.2, 0.25) is 11.8 Å². The number of amides is 1. The third-order valence-electron chi connectivity index (χ3n) is 5.83. The summed E-state index contributed by atoms with van der Waals surface area (Å²) < 4.78 is 33.4. The standard InChI is InChI=1S/C26H28F2N4O2/c1-18-16-32(12-11-29-18)17-20-4-7-22(14-24(20)28)31(2)26(33)13-19-3-10-25(30-15-19)34-23-8-5-21(27)6-9-23/h3-10,14-15,18,29H,11-13,16-17H2,1-2H3/t18-/m0/s1. The Morgan fingerprint density at radius 2 is 1.97 bits per heavy atom. The summed E-state index contributed by atoms with van der Waals surface area (Å²) in [5.41, 5.74) is 1.83. The third-order valence-corrected chi connectivity index (χ3v) is 5.83. The number of hydrogen-bond donors (Lipinski definition) is 1. The molecule has 1 amide bonds. The fourth-order valence-electron chi connectivity index (χ4n) is 3.91. The first-order chi connectivity index (χ1) is 16.4. The van der Waals surface area contributed by atoms with Crippen LogP contribution < -0.4 is 15.0 Å². The van der Waals surface area contributed by atoms with Gasteiger partial charge in [0.25, 0.3) is 0 Å². The maximum Gasteiger partial charge on any atom is 0.231 e. The number of anilines is 1. The van der Waals surface area contributed by atoms with Gasteiger partial charge < -0.3 is 15.0 Å². The van der Waals surface area contributed by atoms with E-state index in [0.29, 0.717) is 41.0 Å². The molecule has 6 nitrogen and oxygen atoms in total. The number of carbonyl (C=O) groups excluding carboxylic acids is 1. The van der Waals surface area contributed by atoms with Crippen LogP contribution in [0.2, 0.25) is 0 Å². The van der Waals surface area contributed by atoms with Gasteiger partial charge in [-0.1, -0.05) is 12.1 Å². The fourth-order valence-corrected chi connectivity index (χ4v) is 3.91. The van der Waals surface area contributed by atoms with Crippen LogP contribution in [-0.2, 0) is 17.8 Å². The predicted molar refractivity (Wildman–Crippen MR) is 127 cm³/mol. The average Bonchev–Trinajstić information content (AvgIpc) is 2.82. The lowest BCUT2D eigenvalue weighted by Crippen LogP contribution is -2.48. The van der Waals surface area contributed by atoms with E-state index in [1.165, 1.54) is 35.2 Å². The van der Waals surface area contributed by atoms with Gasteiger partial charge >= 0.3 is 0 Å². The Morgan fingerprint density at radius 1 is 1.18 bits per heavy atom. The Morgan fingerprint density at radius 3 is 2.65 bits per heavy atom. The van der Waals surface area contributed by atoms with Crippen molar-refractivity contribution in [1.82, 2.24) is 15.2 Å². The van der Waals surface area contributed by atoms with Gasteiger partial charge in [0, 0.05) is 62.8 Å². The monoisotopic (exact) mass is 466 g/mol. The van der Waals surface area contributed by atoms with Gasteiger partial charge in [-0.2, -0.15) is 0 Å². The van der Waals surface area contributed by atoms with Gasteiger partial charge in [0.1, 0.15) is 17.4 Å². The van der Waals surface area contributed by atoms with Gasteiger partial charge in [-0.3, -0.25) is 9.69 Å². The molecular weight excluding hydrogens is 438 g/mol. The first-order valence-electron chi connectivity index (χ1n) is 11.3. The number of halogens is 2. The van der Waals surface area contributed by atoms with Crippen molar-refractivity contribution < 1.29 is 18.3 Å². The molecule has 0 bridgehead atoms. The first-order valence-corrected chi connectivity index (χ1v) is 11.3. The zero-order valence-electron chi connectivity index (χ0n) is 19.3. The molecule has 1 aliphatic rings. The van der Waals surface area contributed by atoms with Crippen molar-refractivity contribution >= 4 is 11.6 Å². The van der Waals surface area contributed by atoms with E-state index >= 15 is 0 Å². The van der Waals surface area contributed by atoms with Crippen molar-refractivity contribution in [1.29, 1.82) is 0 Å². The van der Waals surface area contributed by atoms with Crippen molar-refractivity contribution in [2.45, 2.75) is 25.9 Å². The summed E-state index contributed by atoms with van der Waals surface area (Å²) >= 11 is 0. The Kier molecular flexibility index (Phi) is 7.49. The van der Waals surface area contributed by atoms with Gasteiger partial charge in [-0.25, -0.2) is 13.8 Å². The number of carbonyl (C=O) groups is 1. The molecule has 4 rings (SSSR count). The number of nitrogens with zero attached hydrogens (tertiary/aromatic N) is 3. The van der Waals surface area contributed by atoms with Crippen LogP contribution in [0.25, 0.3) is 0 Å². The number of nitrogens with one attached hydrogen (secondary N) is 1. The van der Waals surface area contributed by atoms with E-state index in [0.717, 1.165) is 19.6 Å². The molecule has 0 radical (unpaired) electrons. The second-order valence-corrected chi connectivity index (χ2v) is 8.56. The normalized spacial score (nSPS) is 16.3. The minimum absolute atomic E-state index is 0.113. The van der Waals surface area contributed by atoms with Crippen LogP contribution in [0.5, 0.6) is 11.6 Å². The SMILES string of the molecule is C[C@H]1CN(Cc2ccc(N(C)C(=O)Cc3ccc(Oc4ccc(F)cc4)nc3)cc2F)CCN1. The highest BCUT2D eigenvalue weighted by atomic mass is 19.1. The molecule has 1 saturated heterocycles. The van der Waals surface area contributed by atoms with Gasteiger partial charge in [-0.15, -0.1) is 0 Å². The largest absolute Gasteiger partial charge is 0.439 e. The summed E-state index contributed by atoms with van der Waals surface area (Å²) in [6.45, 7) is 5.32. The van der Waals surface area contributed by atoms with Gasteiger partial charge in [-0.05, 0) is 48.9 Å². The van der Waals surface area contributed by atoms with Crippen LogP contribution in [0.15, 0.2) is 60.8 Å². The summed E-state index contributed by atoms with van der Waals surface area (Å²) in [4.78, 5) is 20.6. The summed E-state index contributed by atoms with van der Waals surface area (Å²) in [6.07, 6.45) is 1.67. The molecule has 0 spiro atoms. The molecule has 0 aliphatic carbocycles. The van der Waals surface area contributed by atoms with E-state index in [1.807, 2.05) is 0 Å². The maximum absolute atomic E-state index is 14.8. The molecule has 34 heavy (non-hydrogen) atoms. The van der Waals surface area contributed by atoms with Crippen molar-refractivity contribution in [3.8, 4) is 11.6 Å². The first kappa shape index (κ1) is 23.8. The zero-order valence-corrected chi connectivity index (χ0v) is 19.3. The van der Waals surface area contributed by atoms with Crippen molar-refractivity contribution in [2.75, 3.05) is 31.6 Å². The molecule has 0 saturated carbocycles.